The van der Waals surface area contributed by atoms with Crippen LogP contribution in [0.5, 0.6) is 0 Å². The molecule has 0 bridgehead atoms. The first-order valence-corrected chi connectivity index (χ1v) is 6.10. The Hall–Kier alpha value is -1.85. The Kier molecular flexibility index (Phi) is 6.82. The van der Waals surface area contributed by atoms with E-state index < -0.39 is 23.3 Å². The summed E-state index contributed by atoms with van der Waals surface area (Å²) in [5, 5.41) is 13.8. The number of nitrogens with one attached hydrogen (secondary N) is 2. The molecule has 6 nitrogen and oxygen atoms in total. The van der Waals surface area contributed by atoms with E-state index in [2.05, 4.69) is 17.2 Å². The molecule has 0 aliphatic carbocycles. The molecular weight excluding hydrogens is 248 g/mol. The van der Waals surface area contributed by atoms with Crippen molar-refractivity contribution in [3.8, 4) is 0 Å². The highest BCUT2D eigenvalue weighted by molar-refractivity contribution is 5.85. The number of aliphatic carboxylic acids is 1. The first kappa shape index (κ1) is 17.2. The Morgan fingerprint density at radius 1 is 1.32 bits per heavy atom. The molecule has 0 fully saturated rings. The molecule has 108 valence electrons. The third-order valence-corrected chi connectivity index (χ3v) is 2.35. The summed E-state index contributed by atoms with van der Waals surface area (Å²) in [5.41, 5.74) is -0.511. The second kappa shape index (κ2) is 7.56. The van der Waals surface area contributed by atoms with Gasteiger partial charge in [0, 0.05) is 18.4 Å². The molecular formula is C13H22N2O4. The lowest BCUT2D eigenvalue weighted by molar-refractivity contribution is -0.141. The zero-order chi connectivity index (χ0) is 15.1. The maximum Gasteiger partial charge on any atom is 0.326 e. The van der Waals surface area contributed by atoms with Crippen LogP contribution in [0.25, 0.3) is 0 Å². The molecule has 0 rings (SSSR count). The number of hydrogen-bond acceptors (Lipinski definition) is 3. The number of amides is 2. The Bertz CT molecular complexity index is 358. The average molecular weight is 270 g/mol. The molecule has 0 radical (unpaired) electrons. The fourth-order valence-corrected chi connectivity index (χ4v) is 1.21. The molecule has 0 heterocycles. The van der Waals surface area contributed by atoms with Gasteiger partial charge < -0.3 is 15.7 Å². The Balaban J connectivity index is 4.08. The number of carbonyl (C=O) groups excluding carboxylic acids is 2. The Labute approximate surface area is 113 Å². The second-order valence-corrected chi connectivity index (χ2v) is 5.24. The summed E-state index contributed by atoms with van der Waals surface area (Å²) in [6.45, 7) is 8.93. The lowest BCUT2D eigenvalue weighted by atomic mass is 9.96. The van der Waals surface area contributed by atoms with Crippen molar-refractivity contribution in [1.82, 2.24) is 10.6 Å². The van der Waals surface area contributed by atoms with E-state index in [0.717, 1.165) is 0 Å². The summed E-state index contributed by atoms with van der Waals surface area (Å²) < 4.78 is 0. The first-order chi connectivity index (χ1) is 8.68. The molecule has 0 aliphatic heterocycles. The zero-order valence-corrected chi connectivity index (χ0v) is 11.7. The molecule has 0 saturated carbocycles. The predicted molar refractivity (Wildman–Crippen MR) is 71.5 cm³/mol. The Morgan fingerprint density at radius 3 is 2.32 bits per heavy atom. The van der Waals surface area contributed by atoms with E-state index in [1.165, 1.54) is 6.08 Å². The molecule has 19 heavy (non-hydrogen) atoms. The van der Waals surface area contributed by atoms with E-state index in [1.54, 1.807) is 20.8 Å². The van der Waals surface area contributed by atoms with Crippen LogP contribution < -0.4 is 10.6 Å². The van der Waals surface area contributed by atoms with Crippen molar-refractivity contribution in [2.24, 2.45) is 5.41 Å². The van der Waals surface area contributed by atoms with Crippen LogP contribution in [0.15, 0.2) is 12.7 Å². The van der Waals surface area contributed by atoms with Crippen molar-refractivity contribution in [3.05, 3.63) is 12.7 Å². The summed E-state index contributed by atoms with van der Waals surface area (Å²) >= 11 is 0. The van der Waals surface area contributed by atoms with E-state index >= 15 is 0 Å². The zero-order valence-electron chi connectivity index (χ0n) is 11.7. The van der Waals surface area contributed by atoms with Crippen molar-refractivity contribution in [2.75, 3.05) is 6.54 Å². The van der Waals surface area contributed by atoms with Crippen LogP contribution in [0, 0.1) is 5.41 Å². The molecule has 0 aromatic carbocycles. The SMILES string of the molecule is C=CCC(NC(=O)CCNC(=O)C(C)(C)C)C(=O)O. The Morgan fingerprint density at radius 2 is 1.89 bits per heavy atom. The molecule has 1 unspecified atom stereocenters. The molecule has 0 aromatic rings. The average Bonchev–Trinajstić information content (AvgIpc) is 2.26. The number of carbonyl (C=O) groups is 3. The van der Waals surface area contributed by atoms with E-state index in [0.29, 0.717) is 0 Å². The minimum Gasteiger partial charge on any atom is -0.480 e. The second-order valence-electron chi connectivity index (χ2n) is 5.24. The van der Waals surface area contributed by atoms with Gasteiger partial charge in [-0.3, -0.25) is 9.59 Å². The quantitative estimate of drug-likeness (QED) is 0.593. The third kappa shape index (κ3) is 7.23. The van der Waals surface area contributed by atoms with Gasteiger partial charge >= 0.3 is 5.97 Å². The van der Waals surface area contributed by atoms with Crippen molar-refractivity contribution < 1.29 is 19.5 Å². The smallest absolute Gasteiger partial charge is 0.326 e. The molecule has 1 atom stereocenters. The number of hydrogen-bond donors (Lipinski definition) is 3. The molecule has 0 spiro atoms. The van der Waals surface area contributed by atoms with Gasteiger partial charge in [0.15, 0.2) is 0 Å². The molecule has 2 amide bonds. The van der Waals surface area contributed by atoms with Gasteiger partial charge in [-0.1, -0.05) is 26.8 Å². The number of carboxylic acids is 1. The maximum absolute atomic E-state index is 11.5. The van der Waals surface area contributed by atoms with Crippen LogP contribution in [-0.4, -0.2) is 35.5 Å². The monoisotopic (exact) mass is 270 g/mol. The number of carboxylic acid groups (broad SMARTS) is 1. The maximum atomic E-state index is 11.5. The largest absolute Gasteiger partial charge is 0.480 e. The summed E-state index contributed by atoms with van der Waals surface area (Å²) in [5.74, 6) is -1.67. The van der Waals surface area contributed by atoms with Gasteiger partial charge in [0.1, 0.15) is 6.04 Å². The van der Waals surface area contributed by atoms with Gasteiger partial charge in [0.2, 0.25) is 11.8 Å². The minimum absolute atomic E-state index is 0.0444. The van der Waals surface area contributed by atoms with Crippen molar-refractivity contribution >= 4 is 17.8 Å². The fourth-order valence-electron chi connectivity index (χ4n) is 1.21. The minimum atomic E-state index is -1.10. The molecule has 0 aliphatic rings. The lowest BCUT2D eigenvalue weighted by Crippen LogP contribution is -2.42. The van der Waals surface area contributed by atoms with Crippen LogP contribution in [0.4, 0.5) is 0 Å². The summed E-state index contributed by atoms with van der Waals surface area (Å²) in [6.07, 6.45) is 1.64. The first-order valence-electron chi connectivity index (χ1n) is 6.10. The van der Waals surface area contributed by atoms with Crippen LogP contribution in [0.2, 0.25) is 0 Å². The van der Waals surface area contributed by atoms with E-state index in [9.17, 15) is 14.4 Å². The van der Waals surface area contributed by atoms with Gasteiger partial charge in [-0.2, -0.15) is 0 Å². The highest BCUT2D eigenvalue weighted by Gasteiger charge is 2.21. The van der Waals surface area contributed by atoms with Gasteiger partial charge in [-0.15, -0.1) is 6.58 Å². The molecule has 0 saturated heterocycles. The molecule has 0 aromatic heterocycles. The van der Waals surface area contributed by atoms with Crippen LogP contribution in [-0.2, 0) is 14.4 Å². The van der Waals surface area contributed by atoms with E-state index in [-0.39, 0.29) is 25.3 Å². The van der Waals surface area contributed by atoms with Crippen molar-refractivity contribution in [1.29, 1.82) is 0 Å². The topological polar surface area (TPSA) is 95.5 Å². The summed E-state index contributed by atoms with van der Waals surface area (Å²) in [7, 11) is 0. The van der Waals surface area contributed by atoms with Crippen molar-refractivity contribution in [2.45, 2.75) is 39.7 Å². The normalized spacial score (nSPS) is 12.4. The van der Waals surface area contributed by atoms with Crippen molar-refractivity contribution in [3.63, 3.8) is 0 Å². The predicted octanol–water partition coefficient (Wildman–Crippen LogP) is 0.684. The van der Waals surface area contributed by atoms with Crippen LogP contribution >= 0.6 is 0 Å². The molecule has 6 heteroatoms. The highest BCUT2D eigenvalue weighted by atomic mass is 16.4. The summed E-state index contributed by atoms with van der Waals surface area (Å²) in [4.78, 5) is 33.8. The standard InChI is InChI=1S/C13H22N2O4/c1-5-6-9(11(17)18)15-10(16)7-8-14-12(19)13(2,3)4/h5,9H,1,6-8H2,2-4H3,(H,14,19)(H,15,16)(H,17,18). The number of rotatable bonds is 7. The summed E-state index contributed by atoms with van der Waals surface area (Å²) in [6, 6.07) is -0.969. The van der Waals surface area contributed by atoms with Gasteiger partial charge in [0.05, 0.1) is 0 Å². The van der Waals surface area contributed by atoms with Gasteiger partial charge in [-0.25, -0.2) is 4.79 Å². The van der Waals surface area contributed by atoms with Gasteiger partial charge in [-0.05, 0) is 6.42 Å². The van der Waals surface area contributed by atoms with Crippen LogP contribution in [0.3, 0.4) is 0 Å². The van der Waals surface area contributed by atoms with Crippen LogP contribution in [0.1, 0.15) is 33.6 Å². The highest BCUT2D eigenvalue weighted by Crippen LogP contribution is 2.12. The van der Waals surface area contributed by atoms with E-state index in [1.807, 2.05) is 0 Å². The third-order valence-electron chi connectivity index (χ3n) is 2.35. The van der Waals surface area contributed by atoms with E-state index in [4.69, 9.17) is 5.11 Å². The van der Waals surface area contributed by atoms with Gasteiger partial charge in [0.25, 0.3) is 0 Å². The molecule has 3 N–H and O–H groups in total. The lowest BCUT2D eigenvalue weighted by Gasteiger charge is -2.18. The fraction of sp³-hybridized carbons (Fsp3) is 0.615.